The number of aliphatic carboxylic acids is 1. The van der Waals surface area contributed by atoms with Crippen molar-refractivity contribution in [2.24, 2.45) is 5.92 Å². The van der Waals surface area contributed by atoms with Crippen LogP contribution in [0.1, 0.15) is 6.42 Å². The lowest BCUT2D eigenvalue weighted by atomic mass is 10.1. The summed E-state index contributed by atoms with van der Waals surface area (Å²) in [6.45, 7) is -0.532. The first kappa shape index (κ1) is 15.8. The lowest BCUT2D eigenvalue weighted by Gasteiger charge is -2.23. The van der Waals surface area contributed by atoms with Crippen molar-refractivity contribution < 1.29 is 23.1 Å². The maximum absolute atomic E-state index is 12.4. The van der Waals surface area contributed by atoms with E-state index in [4.69, 9.17) is 16.7 Å². The first-order valence-corrected chi connectivity index (χ1v) is 8.47. The highest BCUT2D eigenvalue weighted by atomic mass is 35.5. The zero-order chi connectivity index (χ0) is 15.6. The molecule has 0 aliphatic carbocycles. The van der Waals surface area contributed by atoms with E-state index in [2.05, 4.69) is 0 Å². The highest BCUT2D eigenvalue weighted by Crippen LogP contribution is 2.25. The van der Waals surface area contributed by atoms with Crippen LogP contribution in [0.2, 0.25) is 5.02 Å². The smallest absolute Gasteiger partial charge is 0.323 e. The SMILES string of the molecule is O=C(O)CN(C(=O)C1CCS(=O)(=O)C1)c1cccc(Cl)c1. The molecular formula is C13H14ClNO5S. The van der Waals surface area contributed by atoms with E-state index >= 15 is 0 Å². The maximum Gasteiger partial charge on any atom is 0.323 e. The van der Waals surface area contributed by atoms with Gasteiger partial charge in [-0.2, -0.15) is 0 Å². The second-order valence-electron chi connectivity index (χ2n) is 4.90. The minimum absolute atomic E-state index is 0.0418. The van der Waals surface area contributed by atoms with E-state index < -0.39 is 34.2 Å². The second-order valence-corrected chi connectivity index (χ2v) is 7.56. The topological polar surface area (TPSA) is 91.8 Å². The Morgan fingerprint density at radius 2 is 2.10 bits per heavy atom. The number of nitrogens with zero attached hydrogens (tertiary/aromatic N) is 1. The molecule has 21 heavy (non-hydrogen) atoms. The minimum Gasteiger partial charge on any atom is -0.480 e. The molecule has 1 heterocycles. The number of rotatable bonds is 4. The molecule has 0 aromatic heterocycles. The van der Waals surface area contributed by atoms with Gasteiger partial charge in [-0.15, -0.1) is 0 Å². The first-order chi connectivity index (χ1) is 9.78. The lowest BCUT2D eigenvalue weighted by Crippen LogP contribution is -2.40. The van der Waals surface area contributed by atoms with Crippen LogP contribution in [0.4, 0.5) is 5.69 Å². The van der Waals surface area contributed by atoms with Crippen LogP contribution in [0.3, 0.4) is 0 Å². The Hall–Kier alpha value is -1.60. The van der Waals surface area contributed by atoms with Crippen LogP contribution < -0.4 is 4.90 Å². The van der Waals surface area contributed by atoms with Crippen LogP contribution >= 0.6 is 11.6 Å². The lowest BCUT2D eigenvalue weighted by molar-refractivity contribution is -0.137. The molecule has 2 rings (SSSR count). The molecule has 1 fully saturated rings. The number of benzene rings is 1. The zero-order valence-corrected chi connectivity index (χ0v) is 12.6. The van der Waals surface area contributed by atoms with Gasteiger partial charge in [0, 0.05) is 10.7 Å². The molecule has 8 heteroatoms. The van der Waals surface area contributed by atoms with Gasteiger partial charge in [0.15, 0.2) is 9.84 Å². The Morgan fingerprint density at radius 1 is 1.38 bits per heavy atom. The number of amides is 1. The van der Waals surface area contributed by atoms with Crippen LogP contribution in [0.25, 0.3) is 0 Å². The second kappa shape index (κ2) is 6.03. The molecule has 114 valence electrons. The van der Waals surface area contributed by atoms with Crippen LogP contribution in [0.5, 0.6) is 0 Å². The fourth-order valence-electron chi connectivity index (χ4n) is 2.29. The third-order valence-electron chi connectivity index (χ3n) is 3.26. The zero-order valence-electron chi connectivity index (χ0n) is 11.0. The third-order valence-corrected chi connectivity index (χ3v) is 5.26. The van der Waals surface area contributed by atoms with Gasteiger partial charge in [-0.05, 0) is 24.6 Å². The van der Waals surface area contributed by atoms with Crippen molar-refractivity contribution in [1.29, 1.82) is 0 Å². The number of carboxylic acids is 1. The molecule has 1 saturated heterocycles. The molecule has 1 amide bonds. The van der Waals surface area contributed by atoms with Crippen molar-refractivity contribution in [3.05, 3.63) is 29.3 Å². The Balaban J connectivity index is 2.28. The largest absolute Gasteiger partial charge is 0.480 e. The molecule has 0 radical (unpaired) electrons. The quantitative estimate of drug-likeness (QED) is 0.894. The molecule has 1 aromatic rings. The molecule has 1 unspecified atom stereocenters. The van der Waals surface area contributed by atoms with E-state index in [-0.39, 0.29) is 17.9 Å². The number of carbonyl (C=O) groups excluding carboxylic acids is 1. The highest BCUT2D eigenvalue weighted by molar-refractivity contribution is 7.91. The third kappa shape index (κ3) is 3.95. The van der Waals surface area contributed by atoms with E-state index in [1.165, 1.54) is 6.07 Å². The summed E-state index contributed by atoms with van der Waals surface area (Å²) in [5, 5.41) is 9.33. The van der Waals surface area contributed by atoms with Crippen molar-refractivity contribution >= 4 is 39.0 Å². The summed E-state index contributed by atoms with van der Waals surface area (Å²) >= 11 is 5.85. The van der Waals surface area contributed by atoms with Crippen molar-refractivity contribution in [1.82, 2.24) is 0 Å². The molecule has 1 N–H and O–H groups in total. The maximum atomic E-state index is 12.4. The Labute approximate surface area is 127 Å². The standard InChI is InChI=1S/C13H14ClNO5S/c14-10-2-1-3-11(6-10)15(7-12(16)17)13(18)9-4-5-21(19,20)8-9/h1-3,6,9H,4-5,7-8H2,(H,16,17). The Kier molecular flexibility index (Phi) is 4.53. The van der Waals surface area contributed by atoms with Crippen molar-refractivity contribution in [3.8, 4) is 0 Å². The molecule has 1 aliphatic rings. The van der Waals surface area contributed by atoms with Crippen molar-refractivity contribution in [2.75, 3.05) is 23.0 Å². The Bertz CT molecular complexity index is 673. The van der Waals surface area contributed by atoms with Gasteiger partial charge in [-0.25, -0.2) is 8.42 Å². The molecule has 0 saturated carbocycles. The number of hydrogen-bond acceptors (Lipinski definition) is 4. The minimum atomic E-state index is -3.21. The summed E-state index contributed by atoms with van der Waals surface area (Å²) in [5.74, 6) is -2.65. The predicted octanol–water partition coefficient (Wildman–Crippen LogP) is 1.19. The van der Waals surface area contributed by atoms with Crippen molar-refractivity contribution in [3.63, 3.8) is 0 Å². The van der Waals surface area contributed by atoms with E-state index in [0.29, 0.717) is 10.7 Å². The average molecular weight is 332 g/mol. The number of carbonyl (C=O) groups is 2. The predicted molar refractivity (Wildman–Crippen MR) is 78.2 cm³/mol. The molecule has 6 nitrogen and oxygen atoms in total. The summed E-state index contributed by atoms with van der Waals surface area (Å²) in [5.41, 5.74) is 0.346. The van der Waals surface area contributed by atoms with Gasteiger partial charge in [0.2, 0.25) is 5.91 Å². The number of halogens is 1. The fraction of sp³-hybridized carbons (Fsp3) is 0.385. The number of hydrogen-bond donors (Lipinski definition) is 1. The molecule has 1 aromatic carbocycles. The van der Waals surface area contributed by atoms with Crippen LogP contribution in [-0.2, 0) is 19.4 Å². The normalized spacial score (nSPS) is 20.1. The van der Waals surface area contributed by atoms with E-state index in [1.807, 2.05) is 0 Å². The summed E-state index contributed by atoms with van der Waals surface area (Å²) in [7, 11) is -3.21. The van der Waals surface area contributed by atoms with E-state index in [9.17, 15) is 18.0 Å². The molecular weight excluding hydrogens is 318 g/mol. The van der Waals surface area contributed by atoms with Gasteiger partial charge < -0.3 is 10.0 Å². The van der Waals surface area contributed by atoms with Crippen molar-refractivity contribution in [2.45, 2.75) is 6.42 Å². The van der Waals surface area contributed by atoms with Crippen LogP contribution in [-0.4, -0.2) is 43.5 Å². The average Bonchev–Trinajstić information content (AvgIpc) is 2.75. The molecule has 0 bridgehead atoms. The fourth-order valence-corrected chi connectivity index (χ4v) is 4.20. The van der Waals surface area contributed by atoms with Crippen LogP contribution in [0.15, 0.2) is 24.3 Å². The van der Waals surface area contributed by atoms with E-state index in [0.717, 1.165) is 4.90 Å². The summed E-state index contributed by atoms with van der Waals surface area (Å²) in [6, 6.07) is 6.25. The number of anilines is 1. The summed E-state index contributed by atoms with van der Waals surface area (Å²) in [4.78, 5) is 24.5. The van der Waals surface area contributed by atoms with Gasteiger partial charge in [-0.3, -0.25) is 9.59 Å². The number of carboxylic acid groups (broad SMARTS) is 1. The monoisotopic (exact) mass is 331 g/mol. The van der Waals surface area contributed by atoms with Gasteiger partial charge in [0.05, 0.1) is 17.4 Å². The molecule has 1 aliphatic heterocycles. The van der Waals surface area contributed by atoms with Gasteiger partial charge >= 0.3 is 5.97 Å². The highest BCUT2D eigenvalue weighted by Gasteiger charge is 2.36. The first-order valence-electron chi connectivity index (χ1n) is 6.28. The van der Waals surface area contributed by atoms with E-state index in [1.54, 1.807) is 18.2 Å². The summed E-state index contributed by atoms with van der Waals surface area (Å²) < 4.78 is 22.9. The molecule has 1 atom stereocenters. The van der Waals surface area contributed by atoms with Gasteiger partial charge in [0.1, 0.15) is 6.54 Å². The molecule has 0 spiro atoms. The number of sulfone groups is 1. The van der Waals surface area contributed by atoms with Crippen LogP contribution in [0, 0.1) is 5.92 Å². The van der Waals surface area contributed by atoms with Gasteiger partial charge in [-0.1, -0.05) is 17.7 Å². The van der Waals surface area contributed by atoms with Gasteiger partial charge in [0.25, 0.3) is 0 Å². The summed E-state index contributed by atoms with van der Waals surface area (Å²) in [6.07, 6.45) is 0.220. The Morgan fingerprint density at radius 3 is 2.62 bits per heavy atom.